The smallest absolute Gasteiger partial charge is 0.340 e. The van der Waals surface area contributed by atoms with E-state index in [0.29, 0.717) is 28.6 Å². The predicted molar refractivity (Wildman–Crippen MR) is 136 cm³/mol. The summed E-state index contributed by atoms with van der Waals surface area (Å²) in [5.41, 5.74) is 6.88. The minimum absolute atomic E-state index is 0. The van der Waals surface area contributed by atoms with Gasteiger partial charge < -0.3 is 17.3 Å². The van der Waals surface area contributed by atoms with E-state index in [1.165, 1.54) is 11.6 Å². The minimum atomic E-state index is -1.49. The molecule has 3 aliphatic rings. The number of halogens is 1. The van der Waals surface area contributed by atoms with Crippen molar-refractivity contribution in [3.8, 4) is 0 Å². The van der Waals surface area contributed by atoms with E-state index in [-0.39, 0.29) is 50.1 Å². The zero-order chi connectivity index (χ0) is 24.7. The van der Waals surface area contributed by atoms with E-state index in [1.54, 1.807) is 6.08 Å². The van der Waals surface area contributed by atoms with Crippen LogP contribution < -0.4 is 0 Å². The van der Waals surface area contributed by atoms with Gasteiger partial charge in [0.1, 0.15) is 12.4 Å². The third-order valence-electron chi connectivity index (χ3n) is 7.15. The van der Waals surface area contributed by atoms with Crippen LogP contribution in [0.4, 0.5) is 4.39 Å². The van der Waals surface area contributed by atoms with E-state index < -0.39 is 12.1 Å². The fourth-order valence-corrected chi connectivity index (χ4v) is 5.48. The van der Waals surface area contributed by atoms with Gasteiger partial charge in [-0.05, 0) is 72.9 Å². The number of hydrogen-bond acceptors (Lipinski definition) is 5. The molecule has 2 unspecified atom stereocenters. The number of pyridine rings is 1. The van der Waals surface area contributed by atoms with Crippen LogP contribution in [-0.4, -0.2) is 34.6 Å². The predicted octanol–water partition coefficient (Wildman–Crippen LogP) is 5.41. The van der Waals surface area contributed by atoms with Gasteiger partial charge in [0.05, 0.1) is 11.2 Å². The topological polar surface area (TPSA) is 76.5 Å². The molecule has 7 heteroatoms. The van der Waals surface area contributed by atoms with E-state index >= 15 is 0 Å². The van der Waals surface area contributed by atoms with Crippen molar-refractivity contribution in [2.75, 3.05) is 6.61 Å². The van der Waals surface area contributed by atoms with E-state index in [1.807, 2.05) is 27.7 Å². The summed E-state index contributed by atoms with van der Waals surface area (Å²) in [5.74, 6) is -1.47. The van der Waals surface area contributed by atoms with Gasteiger partial charge in [0.15, 0.2) is 11.9 Å². The van der Waals surface area contributed by atoms with Crippen molar-refractivity contribution in [1.82, 2.24) is 4.98 Å². The molecule has 36 heavy (non-hydrogen) atoms. The summed E-state index contributed by atoms with van der Waals surface area (Å²) in [6, 6.07) is 1.51. The maximum atomic E-state index is 14.7. The number of esters is 1. The number of rotatable bonds is 2. The summed E-state index contributed by atoms with van der Waals surface area (Å²) in [5, 5.41) is 11.5. The van der Waals surface area contributed by atoms with Crippen molar-refractivity contribution in [1.29, 1.82) is 0 Å². The Morgan fingerprint density at radius 3 is 2.53 bits per heavy atom. The van der Waals surface area contributed by atoms with Crippen LogP contribution in [0, 0.1) is 26.1 Å². The van der Waals surface area contributed by atoms with Crippen LogP contribution in [0.25, 0.3) is 16.5 Å². The zero-order valence-corrected chi connectivity index (χ0v) is 23.4. The number of ether oxygens (including phenoxy) is 1. The minimum Gasteiger partial charge on any atom is -0.458 e. The van der Waals surface area contributed by atoms with Gasteiger partial charge >= 0.3 is 5.97 Å². The monoisotopic (exact) mass is 531 g/mol. The Labute approximate surface area is 225 Å². The van der Waals surface area contributed by atoms with Crippen molar-refractivity contribution < 1.29 is 42.4 Å². The molecule has 1 radical (unpaired) electrons. The molecular weight excluding hydrogens is 496 g/mol. The van der Waals surface area contributed by atoms with E-state index in [2.05, 4.69) is 6.92 Å². The number of carbonyl (C=O) groups excluding carboxylic acids is 2. The maximum absolute atomic E-state index is 14.7. The first-order valence-electron chi connectivity index (χ1n) is 12.3. The van der Waals surface area contributed by atoms with Gasteiger partial charge in [-0.2, -0.15) is 0 Å². The molecule has 2 atom stereocenters. The molecule has 5 nitrogen and oxygen atoms in total. The first-order chi connectivity index (χ1) is 16.3. The van der Waals surface area contributed by atoms with Gasteiger partial charge in [-0.1, -0.05) is 27.7 Å². The molecule has 5 rings (SSSR count). The molecule has 0 bridgehead atoms. The molecule has 0 fully saturated rings. The summed E-state index contributed by atoms with van der Waals surface area (Å²) < 4.78 is 19.7. The van der Waals surface area contributed by atoms with Crippen molar-refractivity contribution >= 4 is 28.2 Å². The van der Waals surface area contributed by atoms with Crippen LogP contribution in [0.3, 0.4) is 0 Å². The molecule has 0 saturated heterocycles. The second kappa shape index (κ2) is 11.8. The van der Waals surface area contributed by atoms with E-state index in [0.717, 1.165) is 53.5 Å². The molecule has 1 aromatic carbocycles. The Morgan fingerprint density at radius 1 is 1.19 bits per heavy atom. The molecule has 1 N–H and O–H groups in total. The molecule has 0 saturated carbocycles. The number of cyclic esters (lactones) is 1. The summed E-state index contributed by atoms with van der Waals surface area (Å²) in [7, 11) is 0. The summed E-state index contributed by atoms with van der Waals surface area (Å²) >= 11 is 0. The van der Waals surface area contributed by atoms with Crippen molar-refractivity contribution in [2.24, 2.45) is 5.92 Å². The molecule has 2 aromatic rings. The molecule has 1 aliphatic heterocycles. The van der Waals surface area contributed by atoms with Crippen LogP contribution in [0.5, 0.6) is 0 Å². The second-order valence-corrected chi connectivity index (χ2v) is 9.06. The average molecular weight is 532 g/mol. The van der Waals surface area contributed by atoms with E-state index in [4.69, 9.17) is 9.72 Å². The molecule has 1 aromatic heterocycles. The van der Waals surface area contributed by atoms with Crippen LogP contribution in [0.1, 0.15) is 68.5 Å². The number of aliphatic hydroxyl groups is 1. The molecule has 193 valence electrons. The Bertz CT molecular complexity index is 1260. The van der Waals surface area contributed by atoms with E-state index in [9.17, 15) is 19.1 Å². The second-order valence-electron chi connectivity index (χ2n) is 9.06. The zero-order valence-electron chi connectivity index (χ0n) is 22.0. The number of ketones is 1. The fourth-order valence-electron chi connectivity index (χ4n) is 5.48. The van der Waals surface area contributed by atoms with Crippen LogP contribution >= 0.6 is 0 Å². The van der Waals surface area contributed by atoms with Crippen molar-refractivity contribution in [3.05, 3.63) is 64.5 Å². The summed E-state index contributed by atoms with van der Waals surface area (Å²) in [6.07, 6.45) is 4.14. The fraction of sp³-hybridized carbons (Fsp3) is 0.448. The van der Waals surface area contributed by atoms with Gasteiger partial charge in [0.25, 0.3) is 0 Å². The third kappa shape index (κ3) is 4.83. The Kier molecular flexibility index (Phi) is 9.86. The molecule has 0 spiro atoms. The molecule has 2 aliphatic carbocycles. The average Bonchev–Trinajstić information content (AvgIpc) is 2.97. The SMILES string of the molecule is CC.CCc1c(C2=CC3=C(COC(=O)C3O)C(=O)C(C)C2)nc2cc(F)c(C)c3c2c1CCC3.[CH3-].[V]. The van der Waals surface area contributed by atoms with Gasteiger partial charge in [0.2, 0.25) is 0 Å². The van der Waals surface area contributed by atoms with Crippen LogP contribution in [-0.2, 0) is 52.1 Å². The summed E-state index contributed by atoms with van der Waals surface area (Å²) in [6.45, 7) is 9.63. The Hall–Kier alpha value is -2.28. The Morgan fingerprint density at radius 2 is 1.86 bits per heavy atom. The van der Waals surface area contributed by atoms with Crippen LogP contribution in [0.15, 0.2) is 23.3 Å². The number of carbonyl (C=O) groups is 2. The number of aromatic nitrogens is 1. The van der Waals surface area contributed by atoms with Gasteiger partial charge in [0, 0.05) is 47.1 Å². The molecule has 2 heterocycles. The number of benzene rings is 1. The Balaban J connectivity index is 0.00000111. The number of nitrogens with zero attached hydrogens (tertiary/aromatic N) is 1. The number of Topliss-reactive ketones (excluding diaryl/α,β-unsaturated/α-hetero) is 1. The number of aliphatic hydroxyl groups excluding tert-OH is 1. The third-order valence-corrected chi connectivity index (χ3v) is 7.15. The first-order valence-corrected chi connectivity index (χ1v) is 12.3. The largest absolute Gasteiger partial charge is 0.458 e. The molecule has 0 amide bonds. The van der Waals surface area contributed by atoms with Crippen LogP contribution in [0.2, 0.25) is 0 Å². The summed E-state index contributed by atoms with van der Waals surface area (Å²) in [4.78, 5) is 29.9. The maximum Gasteiger partial charge on any atom is 0.340 e. The van der Waals surface area contributed by atoms with Crippen molar-refractivity contribution in [3.63, 3.8) is 0 Å². The molecular formula is C29H35FNO4V-. The quantitative estimate of drug-likeness (QED) is 0.414. The standard InChI is InChI=1S/C26H26FNO4.C2H6.CH3.V/c1-4-15-17-7-5-6-16-13(3)20(27)10-21(22(16)17)28-23(15)14-8-12(2)24(29)19-11-32-26(31)25(30)18(19)9-14;1-2;;/h9-10,12,25,30H,4-8,11H2,1-3H3;1-2H3;1H3;/q;;-1;. The number of hydrogen-bond donors (Lipinski definition) is 1. The van der Waals surface area contributed by atoms with Crippen molar-refractivity contribution in [2.45, 2.75) is 72.8 Å². The normalized spacial score (nSPS) is 20.7. The van der Waals surface area contributed by atoms with Gasteiger partial charge in [-0.15, -0.1) is 0 Å². The first kappa shape index (κ1) is 30.0. The van der Waals surface area contributed by atoms with Gasteiger partial charge in [-0.3, -0.25) is 4.79 Å². The van der Waals surface area contributed by atoms with Gasteiger partial charge in [-0.25, -0.2) is 14.2 Å². The number of aryl methyl sites for hydroxylation is 2. The number of allylic oxidation sites excluding steroid dienone is 1.